The standard InChI is InChI=1S/C9H10NO/c11-10-9-6-5-7-3-1-2-4-8(7)9/h1-4,9,11H,5-6H2/t9-/m0/s1. The average Bonchev–Trinajstić information content (AvgIpc) is 2.47. The molecule has 0 aromatic heterocycles. The van der Waals surface area contributed by atoms with E-state index in [9.17, 15) is 0 Å². The predicted molar refractivity (Wildman–Crippen MR) is 41.4 cm³/mol. The Hall–Kier alpha value is -0.860. The van der Waals surface area contributed by atoms with Crippen molar-refractivity contribution in [2.75, 3.05) is 0 Å². The Bertz CT molecular complexity index is 259. The van der Waals surface area contributed by atoms with Gasteiger partial charge in [0.2, 0.25) is 0 Å². The van der Waals surface area contributed by atoms with E-state index in [1.807, 2.05) is 18.2 Å². The van der Waals surface area contributed by atoms with Crippen molar-refractivity contribution in [3.05, 3.63) is 35.4 Å². The molecule has 0 bridgehead atoms. The third-order valence-corrected chi connectivity index (χ3v) is 2.24. The van der Waals surface area contributed by atoms with Gasteiger partial charge in [0.25, 0.3) is 0 Å². The van der Waals surface area contributed by atoms with Crippen LogP contribution < -0.4 is 5.48 Å². The number of hydrogen-bond donors (Lipinski definition) is 1. The second kappa shape index (κ2) is 2.64. The average molecular weight is 148 g/mol. The summed E-state index contributed by atoms with van der Waals surface area (Å²) < 4.78 is 0. The van der Waals surface area contributed by atoms with E-state index >= 15 is 0 Å². The number of rotatable bonds is 1. The molecule has 0 unspecified atom stereocenters. The third kappa shape index (κ3) is 1.04. The highest BCUT2D eigenvalue weighted by Crippen LogP contribution is 2.30. The molecule has 0 fully saturated rings. The molecule has 0 heterocycles. The van der Waals surface area contributed by atoms with Gasteiger partial charge in [-0.15, -0.1) is 0 Å². The van der Waals surface area contributed by atoms with Gasteiger partial charge in [-0.05, 0) is 24.0 Å². The summed E-state index contributed by atoms with van der Waals surface area (Å²) >= 11 is 0. The number of benzene rings is 1. The SMILES string of the molecule is O[N][C@H]1CCc2ccccc21. The van der Waals surface area contributed by atoms with Gasteiger partial charge in [0.1, 0.15) is 0 Å². The fourth-order valence-corrected chi connectivity index (χ4v) is 1.65. The molecule has 2 nitrogen and oxygen atoms in total. The van der Waals surface area contributed by atoms with E-state index in [-0.39, 0.29) is 6.04 Å². The smallest absolute Gasteiger partial charge is 0.0790 e. The van der Waals surface area contributed by atoms with Crippen molar-refractivity contribution in [1.82, 2.24) is 5.48 Å². The summed E-state index contributed by atoms with van der Waals surface area (Å²) in [6, 6.07) is 8.18. The Balaban J connectivity index is 2.39. The Kier molecular flexibility index (Phi) is 1.64. The van der Waals surface area contributed by atoms with Crippen LogP contribution in [0.1, 0.15) is 23.6 Å². The zero-order valence-corrected chi connectivity index (χ0v) is 6.20. The normalized spacial score (nSPS) is 21.7. The minimum Gasteiger partial charge on any atom is -0.296 e. The lowest BCUT2D eigenvalue weighted by molar-refractivity contribution is 0.115. The van der Waals surface area contributed by atoms with Crippen LogP contribution in [0.5, 0.6) is 0 Å². The first-order valence-corrected chi connectivity index (χ1v) is 3.84. The number of hydrogen-bond acceptors (Lipinski definition) is 1. The number of fused-ring (bicyclic) bond motifs is 1. The second-order valence-electron chi connectivity index (χ2n) is 2.87. The Morgan fingerprint density at radius 3 is 3.00 bits per heavy atom. The van der Waals surface area contributed by atoms with Crippen molar-refractivity contribution < 1.29 is 5.21 Å². The molecule has 0 saturated heterocycles. The molecule has 2 heteroatoms. The van der Waals surface area contributed by atoms with Crippen molar-refractivity contribution in [3.8, 4) is 0 Å². The molecule has 57 valence electrons. The summed E-state index contributed by atoms with van der Waals surface area (Å²) in [5, 5.41) is 8.64. The van der Waals surface area contributed by atoms with Gasteiger partial charge >= 0.3 is 0 Å². The van der Waals surface area contributed by atoms with E-state index in [4.69, 9.17) is 5.21 Å². The Morgan fingerprint density at radius 2 is 2.18 bits per heavy atom. The molecule has 1 aromatic carbocycles. The van der Waals surface area contributed by atoms with E-state index in [0.717, 1.165) is 12.8 Å². The van der Waals surface area contributed by atoms with Gasteiger partial charge < -0.3 is 0 Å². The van der Waals surface area contributed by atoms with Crippen LogP contribution in [0, 0.1) is 0 Å². The fourth-order valence-electron chi connectivity index (χ4n) is 1.65. The fraction of sp³-hybridized carbons (Fsp3) is 0.333. The molecule has 1 aromatic rings. The summed E-state index contributed by atoms with van der Waals surface area (Å²) in [5.41, 5.74) is 5.85. The van der Waals surface area contributed by atoms with Gasteiger partial charge in [-0.1, -0.05) is 29.7 Å². The number of aryl methyl sites for hydroxylation is 1. The quantitative estimate of drug-likeness (QED) is 0.604. The molecular weight excluding hydrogens is 138 g/mol. The predicted octanol–water partition coefficient (Wildman–Crippen LogP) is 1.67. The first kappa shape index (κ1) is 6.83. The summed E-state index contributed by atoms with van der Waals surface area (Å²) in [6.45, 7) is 0. The first-order valence-electron chi connectivity index (χ1n) is 3.84. The number of hydroxylamine groups is 1. The Labute approximate surface area is 65.8 Å². The second-order valence-corrected chi connectivity index (χ2v) is 2.87. The molecule has 0 amide bonds. The van der Waals surface area contributed by atoms with Gasteiger partial charge in [0, 0.05) is 0 Å². The summed E-state index contributed by atoms with van der Waals surface area (Å²) in [7, 11) is 0. The minimum atomic E-state index is 0.0335. The first-order chi connectivity index (χ1) is 5.42. The van der Waals surface area contributed by atoms with Crippen LogP contribution in [0.3, 0.4) is 0 Å². The molecule has 2 rings (SSSR count). The van der Waals surface area contributed by atoms with Crippen LogP contribution in [0.15, 0.2) is 24.3 Å². The highest BCUT2D eigenvalue weighted by Gasteiger charge is 2.21. The van der Waals surface area contributed by atoms with E-state index in [1.165, 1.54) is 11.1 Å². The lowest BCUT2D eigenvalue weighted by Crippen LogP contribution is -2.05. The summed E-state index contributed by atoms with van der Waals surface area (Å²) in [4.78, 5) is 0. The van der Waals surface area contributed by atoms with Crippen LogP contribution in [-0.2, 0) is 6.42 Å². The maximum Gasteiger partial charge on any atom is 0.0790 e. The van der Waals surface area contributed by atoms with Gasteiger partial charge in [-0.25, -0.2) is 0 Å². The van der Waals surface area contributed by atoms with Gasteiger partial charge in [-0.3, -0.25) is 5.21 Å². The minimum absolute atomic E-state index is 0.0335. The molecule has 0 saturated carbocycles. The molecule has 1 N–H and O–H groups in total. The zero-order chi connectivity index (χ0) is 7.68. The van der Waals surface area contributed by atoms with E-state index < -0.39 is 0 Å². The topological polar surface area (TPSA) is 34.3 Å². The highest BCUT2D eigenvalue weighted by atomic mass is 16.5. The van der Waals surface area contributed by atoms with Crippen LogP contribution in [0.2, 0.25) is 0 Å². The van der Waals surface area contributed by atoms with E-state index in [0.29, 0.717) is 0 Å². The molecular formula is C9H10NO. The largest absolute Gasteiger partial charge is 0.296 e. The molecule has 1 aliphatic rings. The van der Waals surface area contributed by atoms with Gasteiger partial charge in [0.05, 0.1) is 6.04 Å². The van der Waals surface area contributed by atoms with Crippen LogP contribution in [-0.4, -0.2) is 5.21 Å². The maximum atomic E-state index is 8.64. The third-order valence-electron chi connectivity index (χ3n) is 2.24. The molecule has 1 aliphatic carbocycles. The highest BCUT2D eigenvalue weighted by molar-refractivity contribution is 5.33. The molecule has 0 aliphatic heterocycles. The summed E-state index contributed by atoms with van der Waals surface area (Å²) in [6.07, 6.45) is 2.00. The van der Waals surface area contributed by atoms with Crippen molar-refractivity contribution in [2.24, 2.45) is 0 Å². The molecule has 1 radical (unpaired) electrons. The maximum absolute atomic E-state index is 8.64. The molecule has 1 atom stereocenters. The van der Waals surface area contributed by atoms with Crippen molar-refractivity contribution in [2.45, 2.75) is 18.9 Å². The van der Waals surface area contributed by atoms with Gasteiger partial charge in [-0.2, -0.15) is 0 Å². The zero-order valence-electron chi connectivity index (χ0n) is 6.20. The van der Waals surface area contributed by atoms with Crippen LogP contribution in [0.25, 0.3) is 0 Å². The summed E-state index contributed by atoms with van der Waals surface area (Å²) in [5.74, 6) is 0. The molecule has 11 heavy (non-hydrogen) atoms. The Morgan fingerprint density at radius 1 is 1.36 bits per heavy atom. The van der Waals surface area contributed by atoms with Crippen LogP contribution in [0.4, 0.5) is 0 Å². The van der Waals surface area contributed by atoms with E-state index in [2.05, 4.69) is 11.5 Å². The molecule has 0 spiro atoms. The monoisotopic (exact) mass is 148 g/mol. The van der Waals surface area contributed by atoms with E-state index in [1.54, 1.807) is 0 Å². The lowest BCUT2D eigenvalue weighted by Gasteiger charge is -2.04. The van der Waals surface area contributed by atoms with Gasteiger partial charge in [0.15, 0.2) is 0 Å². The van der Waals surface area contributed by atoms with Crippen molar-refractivity contribution in [3.63, 3.8) is 0 Å². The van der Waals surface area contributed by atoms with Crippen LogP contribution >= 0.6 is 0 Å². The lowest BCUT2D eigenvalue weighted by atomic mass is 10.1. The number of nitrogens with zero attached hydrogens (tertiary/aromatic N) is 1. The van der Waals surface area contributed by atoms with Crippen molar-refractivity contribution in [1.29, 1.82) is 0 Å². The van der Waals surface area contributed by atoms with Crippen molar-refractivity contribution >= 4 is 0 Å².